The normalized spacial score (nSPS) is 37.4. The average molecular weight is 234 g/mol. The van der Waals surface area contributed by atoms with Gasteiger partial charge in [0.2, 0.25) is 0 Å². The summed E-state index contributed by atoms with van der Waals surface area (Å²) in [5.41, 5.74) is 1.25. The third-order valence-corrected chi connectivity index (χ3v) is 5.47. The molecule has 0 saturated heterocycles. The molecule has 0 spiro atoms. The molecule has 0 heterocycles. The second-order valence-electron chi connectivity index (χ2n) is 7.10. The summed E-state index contributed by atoms with van der Waals surface area (Å²) in [5, 5.41) is 0. The fourth-order valence-electron chi connectivity index (χ4n) is 3.73. The number of allylic oxidation sites excluding steroid dienone is 2. The van der Waals surface area contributed by atoms with Gasteiger partial charge < -0.3 is 0 Å². The van der Waals surface area contributed by atoms with Crippen molar-refractivity contribution in [3.05, 3.63) is 11.6 Å². The average Bonchev–Trinajstić information content (AvgIpc) is 2.52. The lowest BCUT2D eigenvalue weighted by Crippen LogP contribution is -2.32. The number of rotatable bonds is 3. The lowest BCUT2D eigenvalue weighted by molar-refractivity contribution is -0.125. The van der Waals surface area contributed by atoms with E-state index < -0.39 is 0 Å². The van der Waals surface area contributed by atoms with Crippen molar-refractivity contribution in [2.75, 3.05) is 0 Å². The predicted molar refractivity (Wildman–Crippen MR) is 71.8 cm³/mol. The number of Topliss-reactive ketones (excluding diaryl/α,β-unsaturated/α-hetero) is 1. The van der Waals surface area contributed by atoms with Crippen LogP contribution in [0.5, 0.6) is 0 Å². The Morgan fingerprint density at radius 3 is 2.47 bits per heavy atom. The van der Waals surface area contributed by atoms with E-state index in [1.54, 1.807) is 0 Å². The Morgan fingerprint density at radius 1 is 1.35 bits per heavy atom. The highest BCUT2D eigenvalue weighted by molar-refractivity contribution is 6.04. The van der Waals surface area contributed by atoms with Gasteiger partial charge in [-0.15, -0.1) is 0 Å². The Morgan fingerprint density at radius 2 is 2.00 bits per heavy atom. The summed E-state index contributed by atoms with van der Waals surface area (Å²) < 4.78 is 0. The largest absolute Gasteiger partial charge is 0.294 e. The van der Waals surface area contributed by atoms with E-state index >= 15 is 0 Å². The number of hydrogen-bond acceptors (Lipinski definition) is 1. The van der Waals surface area contributed by atoms with Crippen LogP contribution in [0.25, 0.3) is 0 Å². The second-order valence-corrected chi connectivity index (χ2v) is 7.10. The third-order valence-electron chi connectivity index (χ3n) is 5.47. The minimum Gasteiger partial charge on any atom is -0.294 e. The van der Waals surface area contributed by atoms with Gasteiger partial charge in [0, 0.05) is 5.41 Å². The number of carbonyl (C=O) groups is 1. The lowest BCUT2D eigenvalue weighted by atomic mass is 9.70. The summed E-state index contributed by atoms with van der Waals surface area (Å²) >= 11 is 0. The fraction of sp³-hybridized carbons (Fsp3) is 0.812. The third kappa shape index (κ3) is 1.70. The number of ketones is 1. The molecule has 0 radical (unpaired) electrons. The zero-order valence-electron chi connectivity index (χ0n) is 12.0. The van der Waals surface area contributed by atoms with Crippen LogP contribution in [0, 0.1) is 22.7 Å². The highest BCUT2D eigenvalue weighted by Crippen LogP contribution is 2.65. The molecule has 2 saturated carbocycles. The maximum Gasteiger partial charge on any atom is 0.165 e. The molecule has 2 atom stereocenters. The summed E-state index contributed by atoms with van der Waals surface area (Å²) in [6.45, 7) is 11.2. The maximum atomic E-state index is 12.5. The second kappa shape index (κ2) is 3.96. The molecule has 0 unspecified atom stereocenters. The van der Waals surface area contributed by atoms with Crippen LogP contribution in [-0.4, -0.2) is 5.78 Å². The van der Waals surface area contributed by atoms with Crippen molar-refractivity contribution in [2.24, 2.45) is 22.7 Å². The smallest absolute Gasteiger partial charge is 0.165 e. The van der Waals surface area contributed by atoms with E-state index in [1.165, 1.54) is 12.8 Å². The van der Waals surface area contributed by atoms with Crippen molar-refractivity contribution in [3.8, 4) is 0 Å². The van der Waals surface area contributed by atoms with E-state index in [9.17, 15) is 4.79 Å². The van der Waals surface area contributed by atoms with Crippen LogP contribution >= 0.6 is 0 Å². The minimum absolute atomic E-state index is 0.0820. The van der Waals surface area contributed by atoms with Gasteiger partial charge in [0.15, 0.2) is 5.78 Å². The molecule has 17 heavy (non-hydrogen) atoms. The SMILES string of the molecule is CC(C)CC/C=C1/C(=O)[C@]2(C)CC[C@H]1C2(C)C. The highest BCUT2D eigenvalue weighted by atomic mass is 16.1. The van der Waals surface area contributed by atoms with Crippen molar-refractivity contribution < 1.29 is 4.79 Å². The summed E-state index contributed by atoms with van der Waals surface area (Å²) in [7, 11) is 0. The van der Waals surface area contributed by atoms with E-state index in [2.05, 4.69) is 40.7 Å². The first-order valence-corrected chi connectivity index (χ1v) is 7.05. The summed E-state index contributed by atoms with van der Waals surface area (Å²) in [6.07, 6.45) is 6.81. The molecule has 0 aliphatic heterocycles. The Bertz CT molecular complexity index is 362. The van der Waals surface area contributed by atoms with Crippen molar-refractivity contribution in [1.29, 1.82) is 0 Å². The Kier molecular flexibility index (Phi) is 3.00. The van der Waals surface area contributed by atoms with Gasteiger partial charge in [-0.3, -0.25) is 4.79 Å². The van der Waals surface area contributed by atoms with Gasteiger partial charge in [0.25, 0.3) is 0 Å². The van der Waals surface area contributed by atoms with Gasteiger partial charge in [-0.05, 0) is 48.5 Å². The predicted octanol–water partition coefficient (Wildman–Crippen LogP) is 4.37. The van der Waals surface area contributed by atoms with Crippen LogP contribution in [0.3, 0.4) is 0 Å². The van der Waals surface area contributed by atoms with Crippen LogP contribution in [-0.2, 0) is 4.79 Å². The monoisotopic (exact) mass is 234 g/mol. The van der Waals surface area contributed by atoms with Crippen molar-refractivity contribution >= 4 is 5.78 Å². The van der Waals surface area contributed by atoms with Crippen LogP contribution in [0.2, 0.25) is 0 Å². The van der Waals surface area contributed by atoms with Crippen molar-refractivity contribution in [3.63, 3.8) is 0 Å². The topological polar surface area (TPSA) is 17.1 Å². The number of carbonyl (C=O) groups excluding carboxylic acids is 1. The molecule has 0 amide bonds. The van der Waals surface area contributed by atoms with Gasteiger partial charge >= 0.3 is 0 Å². The molecule has 0 N–H and O–H groups in total. The van der Waals surface area contributed by atoms with Crippen LogP contribution < -0.4 is 0 Å². The lowest BCUT2D eigenvalue weighted by Gasteiger charge is -2.31. The van der Waals surface area contributed by atoms with Gasteiger partial charge in [0.05, 0.1) is 0 Å². The van der Waals surface area contributed by atoms with Gasteiger partial charge in [-0.25, -0.2) is 0 Å². The van der Waals surface area contributed by atoms with Gasteiger partial charge in [0.1, 0.15) is 0 Å². The zero-order chi connectivity index (χ0) is 12.8. The summed E-state index contributed by atoms with van der Waals surface area (Å²) in [5.74, 6) is 1.69. The van der Waals surface area contributed by atoms with Crippen LogP contribution in [0.4, 0.5) is 0 Å². The minimum atomic E-state index is -0.0820. The molecular weight excluding hydrogens is 208 g/mol. The number of fused-ring (bicyclic) bond motifs is 2. The molecule has 96 valence electrons. The van der Waals surface area contributed by atoms with E-state index in [4.69, 9.17) is 0 Å². The standard InChI is InChI=1S/C16H26O/c1-11(2)7-6-8-12-13-9-10-16(5,14(12)17)15(13,3)4/h8,11,13H,6-7,9-10H2,1-5H3/b12-8+/t13-,16+/m1/s1. The molecule has 0 aromatic rings. The maximum absolute atomic E-state index is 12.5. The summed E-state index contributed by atoms with van der Waals surface area (Å²) in [6, 6.07) is 0. The molecule has 2 aliphatic carbocycles. The molecular formula is C16H26O. The van der Waals surface area contributed by atoms with Crippen LogP contribution in [0.15, 0.2) is 11.6 Å². The molecule has 2 aliphatic rings. The Hall–Kier alpha value is -0.590. The number of hydrogen-bond donors (Lipinski definition) is 0. The van der Waals surface area contributed by atoms with Crippen molar-refractivity contribution in [1.82, 2.24) is 0 Å². The highest BCUT2D eigenvalue weighted by Gasteiger charge is 2.63. The summed E-state index contributed by atoms with van der Waals surface area (Å²) in [4.78, 5) is 12.5. The molecule has 2 bridgehead atoms. The first-order chi connectivity index (χ1) is 7.80. The first-order valence-electron chi connectivity index (χ1n) is 7.05. The Labute approximate surface area is 106 Å². The van der Waals surface area contributed by atoms with E-state index in [-0.39, 0.29) is 10.8 Å². The van der Waals surface area contributed by atoms with Crippen molar-refractivity contribution in [2.45, 2.75) is 60.3 Å². The molecule has 1 heteroatoms. The molecule has 1 nitrogen and oxygen atoms in total. The molecule has 2 fully saturated rings. The molecule has 2 rings (SSSR count). The van der Waals surface area contributed by atoms with E-state index in [0.29, 0.717) is 11.7 Å². The van der Waals surface area contributed by atoms with E-state index in [0.717, 1.165) is 24.3 Å². The quantitative estimate of drug-likeness (QED) is 0.662. The zero-order valence-corrected chi connectivity index (χ0v) is 12.0. The van der Waals surface area contributed by atoms with Gasteiger partial charge in [-0.2, -0.15) is 0 Å². The fourth-order valence-corrected chi connectivity index (χ4v) is 3.73. The molecule has 0 aromatic heterocycles. The molecule has 0 aromatic carbocycles. The van der Waals surface area contributed by atoms with E-state index in [1.807, 2.05) is 0 Å². The van der Waals surface area contributed by atoms with Crippen LogP contribution in [0.1, 0.15) is 60.3 Å². The Balaban J connectivity index is 2.20. The first kappa shape index (κ1) is 12.9. The van der Waals surface area contributed by atoms with Gasteiger partial charge in [-0.1, -0.05) is 40.7 Å².